The van der Waals surface area contributed by atoms with E-state index in [0.717, 1.165) is 6.42 Å². The molecule has 0 saturated heterocycles. The summed E-state index contributed by atoms with van der Waals surface area (Å²) in [6, 6.07) is 10.8. The first-order valence-electron chi connectivity index (χ1n) is 5.04. The van der Waals surface area contributed by atoms with Gasteiger partial charge in [-0.2, -0.15) is 0 Å². The number of allylic oxidation sites excluding steroid dienone is 4. The summed E-state index contributed by atoms with van der Waals surface area (Å²) in [5.41, 5.74) is 0. The van der Waals surface area contributed by atoms with Gasteiger partial charge in [0.25, 0.3) is 0 Å². The fraction of sp³-hybridized carbons (Fsp3) is 0.231. The molecule has 0 spiro atoms. The highest BCUT2D eigenvalue weighted by Crippen LogP contribution is 2.20. The summed E-state index contributed by atoms with van der Waals surface area (Å²) in [4.78, 5) is 0. The minimum absolute atomic E-state index is 0.999. The molecule has 0 amide bonds. The Bertz CT molecular complexity index is 371. The summed E-state index contributed by atoms with van der Waals surface area (Å²) in [5, 5.41) is 2.94. The molecule has 1 radical (unpaired) electrons. The van der Waals surface area contributed by atoms with Crippen LogP contribution in [0.25, 0.3) is 0 Å². The van der Waals surface area contributed by atoms with Gasteiger partial charge in [0.15, 0.2) is 0 Å². The van der Waals surface area contributed by atoms with Crippen molar-refractivity contribution in [2.24, 2.45) is 0 Å². The van der Waals surface area contributed by atoms with Gasteiger partial charge in [0.05, 0.1) is 0 Å². The first-order chi connectivity index (χ1) is 6.71. The standard InChI is InChI=1S/C13H15Si/c1-14(2,13-10-6-7-11-13)12-8-4-3-5-9-12/h3-6,8-10H,7H2,1-2H3. The highest BCUT2D eigenvalue weighted by molar-refractivity contribution is 6.96. The van der Waals surface area contributed by atoms with Gasteiger partial charge in [-0.1, -0.05) is 66.0 Å². The molecule has 0 N–H and O–H groups in total. The summed E-state index contributed by atoms with van der Waals surface area (Å²) >= 11 is 0. The molecule has 1 aliphatic rings. The average molecular weight is 199 g/mol. The lowest BCUT2D eigenvalue weighted by atomic mass is 10.4. The van der Waals surface area contributed by atoms with Crippen LogP contribution in [0.2, 0.25) is 13.1 Å². The summed E-state index contributed by atoms with van der Waals surface area (Å²) in [5.74, 6) is 0. The topological polar surface area (TPSA) is 0 Å². The molecule has 2 rings (SSSR count). The number of benzene rings is 1. The predicted octanol–water partition coefficient (Wildman–Crippen LogP) is 2.83. The van der Waals surface area contributed by atoms with E-state index in [4.69, 9.17) is 0 Å². The zero-order valence-corrected chi connectivity index (χ0v) is 9.75. The van der Waals surface area contributed by atoms with Crippen LogP contribution in [-0.4, -0.2) is 8.07 Å². The summed E-state index contributed by atoms with van der Waals surface area (Å²) in [6.07, 6.45) is 8.91. The molecule has 0 aliphatic heterocycles. The van der Waals surface area contributed by atoms with Crippen LogP contribution in [0.15, 0.2) is 47.7 Å². The van der Waals surface area contributed by atoms with Crippen molar-refractivity contribution >= 4 is 13.3 Å². The second kappa shape index (κ2) is 3.58. The van der Waals surface area contributed by atoms with Crippen LogP contribution in [0.3, 0.4) is 0 Å². The number of rotatable bonds is 2. The Kier molecular flexibility index (Phi) is 2.42. The van der Waals surface area contributed by atoms with Crippen LogP contribution in [0.5, 0.6) is 0 Å². The Hall–Kier alpha value is -1.08. The molecule has 0 heterocycles. The number of hydrogen-bond acceptors (Lipinski definition) is 0. The Morgan fingerprint density at radius 3 is 2.43 bits per heavy atom. The van der Waals surface area contributed by atoms with E-state index >= 15 is 0 Å². The van der Waals surface area contributed by atoms with Crippen molar-refractivity contribution in [1.29, 1.82) is 0 Å². The molecular formula is C13H15Si. The van der Waals surface area contributed by atoms with Crippen molar-refractivity contribution in [3.63, 3.8) is 0 Å². The highest BCUT2D eigenvalue weighted by atomic mass is 28.3. The molecule has 1 heteroatoms. The number of hydrogen-bond donors (Lipinski definition) is 0. The normalized spacial score (nSPS) is 15.7. The van der Waals surface area contributed by atoms with Gasteiger partial charge < -0.3 is 0 Å². The summed E-state index contributed by atoms with van der Waals surface area (Å²) in [6.45, 7) is 4.78. The zero-order valence-electron chi connectivity index (χ0n) is 8.75. The van der Waals surface area contributed by atoms with Gasteiger partial charge in [-0.25, -0.2) is 0 Å². The lowest BCUT2D eigenvalue weighted by Crippen LogP contribution is -2.42. The van der Waals surface area contributed by atoms with E-state index in [1.165, 1.54) is 10.4 Å². The Labute approximate surface area is 87.0 Å². The van der Waals surface area contributed by atoms with Gasteiger partial charge in [0.1, 0.15) is 8.07 Å². The lowest BCUT2D eigenvalue weighted by molar-refractivity contribution is 1.39. The molecule has 0 atom stereocenters. The van der Waals surface area contributed by atoms with Crippen molar-refractivity contribution < 1.29 is 0 Å². The van der Waals surface area contributed by atoms with Gasteiger partial charge >= 0.3 is 0 Å². The van der Waals surface area contributed by atoms with Gasteiger partial charge in [0.2, 0.25) is 0 Å². The maximum atomic E-state index is 3.46. The van der Waals surface area contributed by atoms with Gasteiger partial charge in [-0.3, -0.25) is 0 Å². The van der Waals surface area contributed by atoms with Crippen LogP contribution in [0, 0.1) is 6.08 Å². The lowest BCUT2D eigenvalue weighted by Gasteiger charge is -2.23. The molecule has 0 fully saturated rings. The van der Waals surface area contributed by atoms with Gasteiger partial charge in [-0.15, -0.1) is 0 Å². The first kappa shape index (κ1) is 9.47. The molecule has 1 aliphatic carbocycles. The Morgan fingerprint density at radius 1 is 1.14 bits per heavy atom. The smallest absolute Gasteiger partial charge is 0.0802 e. The van der Waals surface area contributed by atoms with E-state index in [1.54, 1.807) is 0 Å². The van der Waals surface area contributed by atoms with Crippen LogP contribution in [0.4, 0.5) is 0 Å². The molecule has 71 valence electrons. The third kappa shape index (κ3) is 1.60. The van der Waals surface area contributed by atoms with E-state index in [1.807, 2.05) is 0 Å². The van der Waals surface area contributed by atoms with Crippen LogP contribution in [-0.2, 0) is 0 Å². The maximum Gasteiger partial charge on any atom is 0.112 e. The molecule has 1 aromatic carbocycles. The predicted molar refractivity (Wildman–Crippen MR) is 64.1 cm³/mol. The largest absolute Gasteiger partial charge is 0.112 e. The van der Waals surface area contributed by atoms with E-state index in [2.05, 4.69) is 61.7 Å². The minimum Gasteiger partial charge on any atom is -0.0802 e. The quantitative estimate of drug-likeness (QED) is 0.643. The van der Waals surface area contributed by atoms with Gasteiger partial charge in [0, 0.05) is 0 Å². The van der Waals surface area contributed by atoms with Crippen molar-refractivity contribution in [1.82, 2.24) is 0 Å². The molecular weight excluding hydrogens is 184 g/mol. The fourth-order valence-electron chi connectivity index (χ4n) is 1.84. The molecule has 1 aromatic rings. The van der Waals surface area contributed by atoms with Crippen molar-refractivity contribution in [2.45, 2.75) is 19.5 Å². The van der Waals surface area contributed by atoms with Crippen molar-refractivity contribution in [2.75, 3.05) is 0 Å². The first-order valence-corrected chi connectivity index (χ1v) is 8.04. The third-order valence-electron chi connectivity index (χ3n) is 2.86. The molecule has 0 saturated carbocycles. The Balaban J connectivity index is 2.37. The summed E-state index contributed by atoms with van der Waals surface area (Å²) in [7, 11) is -1.43. The summed E-state index contributed by atoms with van der Waals surface area (Å²) < 4.78 is 0. The fourth-order valence-corrected chi connectivity index (χ4v) is 4.26. The van der Waals surface area contributed by atoms with Crippen LogP contribution in [0.1, 0.15) is 6.42 Å². The highest BCUT2D eigenvalue weighted by Gasteiger charge is 2.27. The molecule has 14 heavy (non-hydrogen) atoms. The van der Waals surface area contributed by atoms with E-state index < -0.39 is 8.07 Å². The van der Waals surface area contributed by atoms with Crippen LogP contribution >= 0.6 is 0 Å². The van der Waals surface area contributed by atoms with E-state index in [-0.39, 0.29) is 0 Å². The second-order valence-corrected chi connectivity index (χ2v) is 8.55. The molecule has 0 nitrogen and oxygen atoms in total. The van der Waals surface area contributed by atoms with E-state index in [9.17, 15) is 0 Å². The van der Waals surface area contributed by atoms with Gasteiger partial charge in [-0.05, 0) is 12.5 Å². The maximum absolute atomic E-state index is 3.46. The average Bonchev–Trinajstić information content (AvgIpc) is 2.72. The SMILES string of the molecule is C[Si](C)(C1=[C]CC=C1)c1ccccc1. The van der Waals surface area contributed by atoms with Crippen molar-refractivity contribution in [3.8, 4) is 0 Å². The molecule has 0 bridgehead atoms. The molecule has 0 unspecified atom stereocenters. The zero-order chi connectivity index (χ0) is 10.0. The van der Waals surface area contributed by atoms with Crippen LogP contribution < -0.4 is 5.19 Å². The minimum atomic E-state index is -1.43. The van der Waals surface area contributed by atoms with E-state index in [0.29, 0.717) is 0 Å². The Morgan fingerprint density at radius 2 is 1.86 bits per heavy atom. The second-order valence-electron chi connectivity index (χ2n) is 4.19. The monoisotopic (exact) mass is 199 g/mol. The molecule has 0 aromatic heterocycles. The third-order valence-corrected chi connectivity index (χ3v) is 6.33. The van der Waals surface area contributed by atoms with Crippen molar-refractivity contribution in [3.05, 3.63) is 53.8 Å².